The fraction of sp³-hybridized carbons (Fsp3) is 0.467. The Morgan fingerprint density at radius 1 is 1.22 bits per heavy atom. The van der Waals surface area contributed by atoms with Gasteiger partial charge in [0.15, 0.2) is 15.4 Å². The standard InChI is InChI=1S/C15H20ClNO5S/c1-3-9-23(21,22)10-13(18)17-15(4-2,14(19)20)11-5-7-12(16)8-6-11/h5-8H,3-4,9-10H2,1-2H3,(H,17,18)(H,19,20). The molecule has 0 aliphatic heterocycles. The molecule has 0 spiro atoms. The fourth-order valence-corrected chi connectivity index (χ4v) is 3.65. The molecule has 2 N–H and O–H groups in total. The summed E-state index contributed by atoms with van der Waals surface area (Å²) in [4.78, 5) is 23.8. The van der Waals surface area contributed by atoms with Crippen molar-refractivity contribution in [2.45, 2.75) is 32.2 Å². The number of hydrogen-bond acceptors (Lipinski definition) is 4. The molecule has 1 rings (SSSR count). The van der Waals surface area contributed by atoms with Crippen molar-refractivity contribution in [1.82, 2.24) is 5.32 Å². The highest BCUT2D eigenvalue weighted by molar-refractivity contribution is 7.92. The minimum atomic E-state index is -3.55. The lowest BCUT2D eigenvalue weighted by Crippen LogP contribution is -2.53. The van der Waals surface area contributed by atoms with Crippen molar-refractivity contribution in [2.75, 3.05) is 11.5 Å². The van der Waals surface area contributed by atoms with Crippen LogP contribution in [-0.4, -0.2) is 36.9 Å². The van der Waals surface area contributed by atoms with Crippen molar-refractivity contribution >= 4 is 33.3 Å². The second kappa shape index (κ2) is 7.79. The Morgan fingerprint density at radius 3 is 2.22 bits per heavy atom. The molecule has 0 heterocycles. The highest BCUT2D eigenvalue weighted by Crippen LogP contribution is 2.27. The van der Waals surface area contributed by atoms with Crippen LogP contribution in [0.4, 0.5) is 0 Å². The molecule has 0 fully saturated rings. The van der Waals surface area contributed by atoms with Gasteiger partial charge in [-0.1, -0.05) is 37.6 Å². The Hall–Kier alpha value is -1.60. The Morgan fingerprint density at radius 2 is 1.78 bits per heavy atom. The molecule has 1 atom stereocenters. The SMILES string of the molecule is CCCS(=O)(=O)CC(=O)NC(CC)(C(=O)O)c1ccc(Cl)cc1. The first-order chi connectivity index (χ1) is 10.7. The van der Waals surface area contributed by atoms with Gasteiger partial charge in [0.2, 0.25) is 5.91 Å². The first kappa shape index (κ1) is 19.4. The summed E-state index contributed by atoms with van der Waals surface area (Å²) in [6.07, 6.45) is 0.453. The fourth-order valence-electron chi connectivity index (χ4n) is 2.28. The Kier molecular flexibility index (Phi) is 6.58. The number of benzene rings is 1. The van der Waals surface area contributed by atoms with Crippen LogP contribution < -0.4 is 5.32 Å². The van der Waals surface area contributed by atoms with E-state index in [1.165, 1.54) is 24.3 Å². The Balaban J connectivity index is 3.11. The number of hydrogen-bond donors (Lipinski definition) is 2. The quantitative estimate of drug-likeness (QED) is 0.737. The Labute approximate surface area is 140 Å². The summed E-state index contributed by atoms with van der Waals surface area (Å²) in [5.41, 5.74) is -1.36. The maximum atomic E-state index is 12.1. The van der Waals surface area contributed by atoms with Crippen LogP contribution in [0.3, 0.4) is 0 Å². The van der Waals surface area contributed by atoms with Crippen molar-refractivity contribution in [3.63, 3.8) is 0 Å². The van der Waals surface area contributed by atoms with Crippen LogP contribution in [0, 0.1) is 0 Å². The maximum absolute atomic E-state index is 12.1. The zero-order chi connectivity index (χ0) is 17.7. The molecule has 1 aromatic carbocycles. The predicted octanol–water partition coefficient (Wildman–Crippen LogP) is 1.97. The van der Waals surface area contributed by atoms with Gasteiger partial charge in [-0.2, -0.15) is 0 Å². The van der Waals surface area contributed by atoms with Crippen LogP contribution in [0.25, 0.3) is 0 Å². The van der Waals surface area contributed by atoms with Crippen molar-refractivity contribution in [3.05, 3.63) is 34.9 Å². The zero-order valence-corrected chi connectivity index (χ0v) is 14.6. The molecule has 0 aliphatic carbocycles. The molecule has 6 nitrogen and oxygen atoms in total. The van der Waals surface area contributed by atoms with Gasteiger partial charge in [-0.3, -0.25) is 4.79 Å². The van der Waals surface area contributed by atoms with E-state index in [9.17, 15) is 23.1 Å². The molecule has 0 aromatic heterocycles. The highest BCUT2D eigenvalue weighted by atomic mass is 35.5. The summed E-state index contributed by atoms with van der Waals surface area (Å²) in [6, 6.07) is 6.04. The van der Waals surface area contributed by atoms with E-state index in [-0.39, 0.29) is 12.2 Å². The predicted molar refractivity (Wildman–Crippen MR) is 88.1 cm³/mol. The second-order valence-electron chi connectivity index (χ2n) is 5.21. The third-order valence-corrected chi connectivity index (χ3v) is 5.44. The lowest BCUT2D eigenvalue weighted by Gasteiger charge is -2.30. The molecule has 1 amide bonds. The molecule has 0 radical (unpaired) electrons. The molecule has 0 bridgehead atoms. The minimum Gasteiger partial charge on any atom is -0.479 e. The average molecular weight is 362 g/mol. The maximum Gasteiger partial charge on any atom is 0.334 e. The van der Waals surface area contributed by atoms with Gasteiger partial charge < -0.3 is 10.4 Å². The van der Waals surface area contributed by atoms with Gasteiger partial charge in [0.25, 0.3) is 0 Å². The number of carboxylic acid groups (broad SMARTS) is 1. The van der Waals surface area contributed by atoms with E-state index in [1.807, 2.05) is 0 Å². The largest absolute Gasteiger partial charge is 0.479 e. The summed E-state index contributed by atoms with van der Waals surface area (Å²) in [7, 11) is -3.55. The number of carbonyl (C=O) groups excluding carboxylic acids is 1. The van der Waals surface area contributed by atoms with E-state index in [4.69, 9.17) is 11.6 Å². The Bertz CT molecular complexity index is 672. The van der Waals surface area contributed by atoms with Gasteiger partial charge in [-0.05, 0) is 30.5 Å². The van der Waals surface area contributed by atoms with E-state index >= 15 is 0 Å². The number of carboxylic acids is 1. The summed E-state index contributed by atoms with van der Waals surface area (Å²) in [6.45, 7) is 3.29. The van der Waals surface area contributed by atoms with E-state index in [2.05, 4.69) is 5.32 Å². The first-order valence-electron chi connectivity index (χ1n) is 7.17. The smallest absolute Gasteiger partial charge is 0.334 e. The number of nitrogens with one attached hydrogen (secondary N) is 1. The lowest BCUT2D eigenvalue weighted by molar-refractivity contribution is -0.148. The number of carbonyl (C=O) groups is 2. The molecule has 1 unspecified atom stereocenters. The average Bonchev–Trinajstić information content (AvgIpc) is 2.44. The van der Waals surface area contributed by atoms with Gasteiger partial charge in [0.1, 0.15) is 5.75 Å². The molecular weight excluding hydrogens is 342 g/mol. The number of rotatable bonds is 8. The van der Waals surface area contributed by atoms with Crippen LogP contribution in [0.5, 0.6) is 0 Å². The van der Waals surface area contributed by atoms with Gasteiger partial charge >= 0.3 is 5.97 Å². The molecule has 1 aromatic rings. The monoisotopic (exact) mass is 361 g/mol. The molecule has 0 aliphatic rings. The normalized spacial score (nSPS) is 14.0. The third-order valence-electron chi connectivity index (χ3n) is 3.45. The summed E-state index contributed by atoms with van der Waals surface area (Å²) >= 11 is 5.80. The minimum absolute atomic E-state index is 0.0591. The van der Waals surface area contributed by atoms with E-state index in [0.29, 0.717) is 17.0 Å². The van der Waals surface area contributed by atoms with Crippen LogP contribution in [0.2, 0.25) is 5.02 Å². The molecule has 0 saturated carbocycles. The van der Waals surface area contributed by atoms with Gasteiger partial charge in [0, 0.05) is 5.02 Å². The number of halogens is 1. The van der Waals surface area contributed by atoms with Crippen molar-refractivity contribution < 1.29 is 23.1 Å². The zero-order valence-electron chi connectivity index (χ0n) is 13.0. The van der Waals surface area contributed by atoms with E-state index in [1.54, 1.807) is 13.8 Å². The van der Waals surface area contributed by atoms with Crippen molar-refractivity contribution in [2.24, 2.45) is 0 Å². The molecular formula is C15H20ClNO5S. The van der Waals surface area contributed by atoms with Gasteiger partial charge in [-0.25, -0.2) is 13.2 Å². The number of sulfone groups is 1. The molecule has 23 heavy (non-hydrogen) atoms. The first-order valence-corrected chi connectivity index (χ1v) is 9.37. The van der Waals surface area contributed by atoms with Crippen LogP contribution in [0.15, 0.2) is 24.3 Å². The van der Waals surface area contributed by atoms with Crippen LogP contribution >= 0.6 is 11.6 Å². The van der Waals surface area contributed by atoms with Gasteiger partial charge in [-0.15, -0.1) is 0 Å². The lowest BCUT2D eigenvalue weighted by atomic mass is 9.87. The van der Waals surface area contributed by atoms with E-state index < -0.39 is 33.0 Å². The topological polar surface area (TPSA) is 101 Å². The van der Waals surface area contributed by atoms with Gasteiger partial charge in [0.05, 0.1) is 5.75 Å². The second-order valence-corrected chi connectivity index (χ2v) is 7.83. The molecule has 8 heteroatoms. The van der Waals surface area contributed by atoms with Crippen molar-refractivity contribution in [3.8, 4) is 0 Å². The van der Waals surface area contributed by atoms with Crippen LogP contribution in [-0.2, 0) is 25.0 Å². The number of amides is 1. The summed E-state index contributed by atoms with van der Waals surface area (Å²) in [5, 5.41) is 12.4. The summed E-state index contributed by atoms with van der Waals surface area (Å²) < 4.78 is 23.5. The highest BCUT2D eigenvalue weighted by Gasteiger charge is 2.40. The third kappa shape index (κ3) is 4.94. The number of aliphatic carboxylic acids is 1. The van der Waals surface area contributed by atoms with Crippen molar-refractivity contribution in [1.29, 1.82) is 0 Å². The molecule has 0 saturated heterocycles. The van der Waals surface area contributed by atoms with E-state index in [0.717, 1.165) is 0 Å². The van der Waals surface area contributed by atoms with Crippen LogP contribution in [0.1, 0.15) is 32.3 Å². The summed E-state index contributed by atoms with van der Waals surface area (Å²) in [5.74, 6) is -2.95. The molecule has 128 valence electrons.